The molecule has 3 aromatic rings. The van der Waals surface area contributed by atoms with E-state index in [0.717, 1.165) is 38.1 Å². The first-order chi connectivity index (χ1) is 13.7. The summed E-state index contributed by atoms with van der Waals surface area (Å²) in [6, 6.07) is 21.5. The first kappa shape index (κ1) is 18.3. The molecule has 0 atom stereocenters. The van der Waals surface area contributed by atoms with E-state index in [4.69, 9.17) is 14.6 Å². The van der Waals surface area contributed by atoms with Crippen LogP contribution in [0.5, 0.6) is 5.75 Å². The van der Waals surface area contributed by atoms with Gasteiger partial charge in [0.2, 0.25) is 0 Å². The molecule has 1 N–H and O–H groups in total. The second-order valence-corrected chi connectivity index (χ2v) is 7.19. The van der Waals surface area contributed by atoms with Crippen molar-refractivity contribution in [2.45, 2.75) is 9.79 Å². The third-order valence-corrected chi connectivity index (χ3v) is 5.51. The van der Waals surface area contributed by atoms with Crippen molar-refractivity contribution in [3.63, 3.8) is 0 Å². The summed E-state index contributed by atoms with van der Waals surface area (Å²) in [5.74, 6) is 0.484. The third kappa shape index (κ3) is 3.52. The normalized spacial score (nSPS) is 12.3. The second kappa shape index (κ2) is 7.88. The van der Waals surface area contributed by atoms with E-state index >= 15 is 0 Å². The van der Waals surface area contributed by atoms with Gasteiger partial charge in [-0.05, 0) is 48.5 Å². The van der Waals surface area contributed by atoms with Crippen LogP contribution in [0.4, 0.5) is 5.69 Å². The number of benzene rings is 3. The Morgan fingerprint density at radius 2 is 1.75 bits per heavy atom. The van der Waals surface area contributed by atoms with Gasteiger partial charge in [0.25, 0.3) is 5.91 Å². The number of hydrogen-bond acceptors (Lipinski definition) is 5. The average Bonchev–Trinajstić information content (AvgIpc) is 2.90. The number of carbonyl (C=O) groups is 1. The topological polar surface area (TPSA) is 59.9 Å². The molecule has 0 aromatic heterocycles. The van der Waals surface area contributed by atoms with E-state index in [9.17, 15) is 4.79 Å². The smallest absolute Gasteiger partial charge is 0.274 e. The summed E-state index contributed by atoms with van der Waals surface area (Å²) in [6.07, 6.45) is 0. The molecule has 0 fully saturated rings. The van der Waals surface area contributed by atoms with Crippen LogP contribution in [0.3, 0.4) is 0 Å². The summed E-state index contributed by atoms with van der Waals surface area (Å²) in [4.78, 5) is 23.9. The molecule has 0 saturated heterocycles. The van der Waals surface area contributed by atoms with Gasteiger partial charge in [-0.3, -0.25) is 9.63 Å². The minimum Gasteiger partial charge on any atom is -0.497 e. The fraction of sp³-hybridized carbons (Fsp3) is 0.0909. The van der Waals surface area contributed by atoms with Crippen LogP contribution >= 0.6 is 11.8 Å². The highest BCUT2D eigenvalue weighted by Gasteiger charge is 2.20. The number of amides is 1. The monoisotopic (exact) mass is 390 g/mol. The van der Waals surface area contributed by atoms with Crippen molar-refractivity contribution in [2.75, 3.05) is 14.2 Å². The lowest BCUT2D eigenvalue weighted by Gasteiger charge is -2.09. The van der Waals surface area contributed by atoms with Crippen LogP contribution in [0, 0.1) is 0 Å². The Bertz CT molecular complexity index is 1060. The lowest BCUT2D eigenvalue weighted by molar-refractivity contribution is 0.0537. The van der Waals surface area contributed by atoms with E-state index in [1.807, 2.05) is 42.5 Å². The summed E-state index contributed by atoms with van der Waals surface area (Å²) < 4.78 is 5.27. The molecule has 0 spiro atoms. The van der Waals surface area contributed by atoms with Gasteiger partial charge >= 0.3 is 0 Å². The van der Waals surface area contributed by atoms with E-state index in [2.05, 4.69) is 17.6 Å². The highest BCUT2D eigenvalue weighted by Crippen LogP contribution is 2.41. The maximum Gasteiger partial charge on any atom is 0.274 e. The maximum absolute atomic E-state index is 12.2. The number of ether oxygens (including phenoxy) is 1. The Morgan fingerprint density at radius 3 is 2.50 bits per heavy atom. The molecule has 5 nitrogen and oxygen atoms in total. The van der Waals surface area contributed by atoms with Crippen LogP contribution in [0.1, 0.15) is 21.5 Å². The van der Waals surface area contributed by atoms with Gasteiger partial charge in [0.05, 0.1) is 25.6 Å². The number of rotatable bonds is 4. The molecule has 28 heavy (non-hydrogen) atoms. The van der Waals surface area contributed by atoms with Crippen molar-refractivity contribution in [2.24, 2.45) is 4.99 Å². The van der Waals surface area contributed by atoms with E-state index in [0.29, 0.717) is 5.56 Å². The predicted molar refractivity (Wildman–Crippen MR) is 110 cm³/mol. The number of methoxy groups -OCH3 is 1. The van der Waals surface area contributed by atoms with Crippen molar-refractivity contribution in [3.05, 3.63) is 83.4 Å². The molecule has 1 amide bonds. The van der Waals surface area contributed by atoms with Crippen LogP contribution in [-0.2, 0) is 4.84 Å². The summed E-state index contributed by atoms with van der Waals surface area (Å²) in [7, 11) is 3.06. The fourth-order valence-corrected chi connectivity index (χ4v) is 4.01. The fourth-order valence-electron chi connectivity index (χ4n) is 3.00. The zero-order valence-electron chi connectivity index (χ0n) is 15.4. The van der Waals surface area contributed by atoms with Crippen LogP contribution in [-0.4, -0.2) is 25.8 Å². The Hall–Kier alpha value is -3.09. The van der Waals surface area contributed by atoms with E-state index in [-0.39, 0.29) is 5.91 Å². The van der Waals surface area contributed by atoms with Crippen LogP contribution in [0.2, 0.25) is 0 Å². The lowest BCUT2D eigenvalue weighted by Crippen LogP contribution is -2.21. The Kier molecular flexibility index (Phi) is 5.14. The summed E-state index contributed by atoms with van der Waals surface area (Å²) in [6.45, 7) is 0. The van der Waals surface area contributed by atoms with E-state index in [1.54, 1.807) is 31.0 Å². The molecule has 1 heterocycles. The number of nitrogens with one attached hydrogen (secondary N) is 1. The lowest BCUT2D eigenvalue weighted by atomic mass is 10.0. The molecule has 4 rings (SSSR count). The summed E-state index contributed by atoms with van der Waals surface area (Å²) in [5.41, 5.74) is 6.47. The zero-order valence-corrected chi connectivity index (χ0v) is 16.2. The summed E-state index contributed by atoms with van der Waals surface area (Å²) >= 11 is 1.64. The molecule has 0 radical (unpaired) electrons. The molecule has 0 bridgehead atoms. The van der Waals surface area contributed by atoms with Crippen LogP contribution in [0.15, 0.2) is 81.5 Å². The van der Waals surface area contributed by atoms with Gasteiger partial charge in [-0.2, -0.15) is 0 Å². The number of fused-ring (bicyclic) bond motifs is 2. The van der Waals surface area contributed by atoms with E-state index < -0.39 is 0 Å². The minimum absolute atomic E-state index is 0.307. The first-order valence-corrected chi connectivity index (χ1v) is 9.49. The summed E-state index contributed by atoms with van der Waals surface area (Å²) in [5, 5.41) is 0. The molecule has 0 aliphatic carbocycles. The van der Waals surface area contributed by atoms with Gasteiger partial charge in [0, 0.05) is 26.5 Å². The molecular formula is C22H18N2O3S. The van der Waals surface area contributed by atoms with Crippen molar-refractivity contribution < 1.29 is 14.4 Å². The minimum atomic E-state index is -0.307. The Morgan fingerprint density at radius 1 is 0.964 bits per heavy atom. The van der Waals surface area contributed by atoms with Crippen LogP contribution in [0.25, 0.3) is 0 Å². The van der Waals surface area contributed by atoms with Crippen LogP contribution < -0.4 is 10.2 Å². The molecule has 3 aromatic carbocycles. The molecule has 0 unspecified atom stereocenters. The number of hydrogen-bond donors (Lipinski definition) is 1. The Balaban J connectivity index is 1.87. The molecule has 1 aliphatic rings. The predicted octanol–water partition coefficient (Wildman–Crippen LogP) is 4.62. The SMILES string of the molecule is CONC(=O)c1ccc2c(c1)N=C(c1ccc(OC)cc1)c1ccccc1S2. The van der Waals surface area contributed by atoms with E-state index in [1.165, 1.54) is 7.11 Å². The van der Waals surface area contributed by atoms with Gasteiger partial charge in [0.15, 0.2) is 0 Å². The maximum atomic E-state index is 12.2. The zero-order chi connectivity index (χ0) is 19.5. The highest BCUT2D eigenvalue weighted by molar-refractivity contribution is 7.99. The van der Waals surface area contributed by atoms with Gasteiger partial charge in [0.1, 0.15) is 5.75 Å². The number of carbonyl (C=O) groups excluding carboxylic acids is 1. The number of aliphatic imine (C=N–C) groups is 1. The number of hydroxylamine groups is 1. The second-order valence-electron chi connectivity index (χ2n) is 6.10. The molecule has 6 heteroatoms. The Labute approximate surface area is 167 Å². The van der Waals surface area contributed by atoms with Gasteiger partial charge in [-0.15, -0.1) is 0 Å². The van der Waals surface area contributed by atoms with Crippen molar-refractivity contribution in [3.8, 4) is 5.75 Å². The quantitative estimate of drug-likeness (QED) is 0.517. The van der Waals surface area contributed by atoms with Gasteiger partial charge < -0.3 is 4.74 Å². The third-order valence-electron chi connectivity index (χ3n) is 4.37. The largest absolute Gasteiger partial charge is 0.497 e. The highest BCUT2D eigenvalue weighted by atomic mass is 32.2. The van der Waals surface area contributed by atoms with Gasteiger partial charge in [-0.25, -0.2) is 10.5 Å². The standard InChI is InChI=1S/C22H18N2O3S/c1-26-16-10-7-14(8-11-16)21-17-5-3-4-6-19(17)28-20-12-9-15(13-18(20)23-21)22(25)24-27-2/h3-13H,1-2H3,(H,24,25). The average molecular weight is 390 g/mol. The first-order valence-electron chi connectivity index (χ1n) is 8.67. The number of nitrogens with zero attached hydrogens (tertiary/aromatic N) is 1. The molecule has 140 valence electrons. The molecule has 0 saturated carbocycles. The van der Waals surface area contributed by atoms with Crippen molar-refractivity contribution in [1.82, 2.24) is 5.48 Å². The van der Waals surface area contributed by atoms with Crippen molar-refractivity contribution >= 4 is 29.1 Å². The molecule has 1 aliphatic heterocycles. The van der Waals surface area contributed by atoms with Gasteiger partial charge in [-0.1, -0.05) is 30.0 Å². The van der Waals surface area contributed by atoms with Crippen molar-refractivity contribution in [1.29, 1.82) is 0 Å². The molecular weight excluding hydrogens is 372 g/mol.